The van der Waals surface area contributed by atoms with Gasteiger partial charge in [-0.1, -0.05) is 32.0 Å². The SMILES string of the molecule is COc1cc(C)c([C@H](C)NC(=O)c2ccc(N(C)S(=O)(=O)c3ccccc3)cc2)cc1C(C)C. The van der Waals surface area contributed by atoms with Gasteiger partial charge in [-0.2, -0.15) is 0 Å². The van der Waals surface area contributed by atoms with Gasteiger partial charge in [-0.15, -0.1) is 0 Å². The molecule has 0 aliphatic rings. The minimum atomic E-state index is -3.68. The van der Waals surface area contributed by atoms with E-state index < -0.39 is 10.0 Å². The fourth-order valence-electron chi connectivity index (χ4n) is 3.88. The van der Waals surface area contributed by atoms with Crippen LogP contribution in [-0.4, -0.2) is 28.5 Å². The Balaban J connectivity index is 1.77. The lowest BCUT2D eigenvalue weighted by Crippen LogP contribution is -2.28. The number of hydrogen-bond donors (Lipinski definition) is 1. The largest absolute Gasteiger partial charge is 0.496 e. The molecule has 1 N–H and O–H groups in total. The Morgan fingerprint density at radius 1 is 0.941 bits per heavy atom. The molecule has 3 aromatic rings. The molecule has 0 aliphatic carbocycles. The molecular formula is C27H32N2O4S. The molecule has 0 heterocycles. The zero-order valence-corrected chi connectivity index (χ0v) is 21.3. The lowest BCUT2D eigenvalue weighted by atomic mass is 9.93. The van der Waals surface area contributed by atoms with Crippen LogP contribution in [0, 0.1) is 6.92 Å². The van der Waals surface area contributed by atoms with Crippen LogP contribution >= 0.6 is 0 Å². The highest BCUT2D eigenvalue weighted by Gasteiger charge is 2.22. The zero-order chi connectivity index (χ0) is 25.0. The maximum absolute atomic E-state index is 12.9. The predicted octanol–water partition coefficient (Wildman–Crippen LogP) is 5.44. The topological polar surface area (TPSA) is 75.7 Å². The van der Waals surface area contributed by atoms with Crippen molar-refractivity contribution in [2.45, 2.75) is 44.6 Å². The van der Waals surface area contributed by atoms with E-state index in [9.17, 15) is 13.2 Å². The van der Waals surface area contributed by atoms with Gasteiger partial charge in [0.05, 0.1) is 23.7 Å². The van der Waals surface area contributed by atoms with E-state index in [0.717, 1.165) is 22.4 Å². The number of ether oxygens (including phenoxy) is 1. The van der Waals surface area contributed by atoms with E-state index in [-0.39, 0.29) is 22.8 Å². The Bertz CT molecular complexity index is 1250. The first-order valence-electron chi connectivity index (χ1n) is 11.2. The molecule has 0 saturated heterocycles. The minimum Gasteiger partial charge on any atom is -0.496 e. The molecule has 7 heteroatoms. The molecule has 0 unspecified atom stereocenters. The van der Waals surface area contributed by atoms with Crippen LogP contribution in [0.15, 0.2) is 71.6 Å². The predicted molar refractivity (Wildman–Crippen MR) is 136 cm³/mol. The average Bonchev–Trinajstić information content (AvgIpc) is 2.83. The second-order valence-electron chi connectivity index (χ2n) is 8.63. The summed E-state index contributed by atoms with van der Waals surface area (Å²) in [5.41, 5.74) is 4.09. The number of sulfonamides is 1. The van der Waals surface area contributed by atoms with E-state index in [0.29, 0.717) is 11.3 Å². The molecule has 0 aromatic heterocycles. The van der Waals surface area contributed by atoms with Gasteiger partial charge in [0.15, 0.2) is 0 Å². The second-order valence-corrected chi connectivity index (χ2v) is 10.6. The van der Waals surface area contributed by atoms with Gasteiger partial charge < -0.3 is 10.1 Å². The van der Waals surface area contributed by atoms with E-state index in [4.69, 9.17) is 4.74 Å². The van der Waals surface area contributed by atoms with Gasteiger partial charge in [0.25, 0.3) is 15.9 Å². The van der Waals surface area contributed by atoms with Crippen molar-refractivity contribution in [3.63, 3.8) is 0 Å². The summed E-state index contributed by atoms with van der Waals surface area (Å²) in [4.78, 5) is 13.1. The van der Waals surface area contributed by atoms with Gasteiger partial charge in [0.2, 0.25) is 0 Å². The molecule has 34 heavy (non-hydrogen) atoms. The lowest BCUT2D eigenvalue weighted by Gasteiger charge is -2.22. The summed E-state index contributed by atoms with van der Waals surface area (Å²) >= 11 is 0. The summed E-state index contributed by atoms with van der Waals surface area (Å²) in [6, 6.07) is 18.7. The molecule has 1 atom stereocenters. The van der Waals surface area contributed by atoms with Crippen LogP contribution in [-0.2, 0) is 10.0 Å². The van der Waals surface area contributed by atoms with Gasteiger partial charge in [-0.3, -0.25) is 9.10 Å². The summed E-state index contributed by atoms with van der Waals surface area (Å²) < 4.78 is 32.4. The first kappa shape index (κ1) is 25.3. The first-order valence-corrected chi connectivity index (χ1v) is 12.6. The van der Waals surface area contributed by atoms with Gasteiger partial charge in [0, 0.05) is 12.6 Å². The van der Waals surface area contributed by atoms with Crippen molar-refractivity contribution in [1.82, 2.24) is 5.32 Å². The Morgan fingerprint density at radius 2 is 1.56 bits per heavy atom. The average molecular weight is 481 g/mol. The summed E-state index contributed by atoms with van der Waals surface area (Å²) in [6.07, 6.45) is 0. The summed E-state index contributed by atoms with van der Waals surface area (Å²) in [6.45, 7) is 8.17. The molecule has 0 bridgehead atoms. The van der Waals surface area contributed by atoms with Crippen molar-refractivity contribution in [2.24, 2.45) is 0 Å². The number of hydrogen-bond acceptors (Lipinski definition) is 4. The molecule has 0 saturated carbocycles. The van der Waals surface area contributed by atoms with Crippen molar-refractivity contribution >= 4 is 21.6 Å². The molecular weight excluding hydrogens is 448 g/mol. The maximum atomic E-state index is 12.9. The fraction of sp³-hybridized carbons (Fsp3) is 0.296. The third kappa shape index (κ3) is 5.25. The third-order valence-corrected chi connectivity index (χ3v) is 7.75. The Kier molecular flexibility index (Phi) is 7.67. The van der Waals surface area contributed by atoms with Crippen LogP contribution in [0.1, 0.15) is 59.8 Å². The first-order chi connectivity index (χ1) is 16.1. The number of aryl methyl sites for hydroxylation is 1. The molecule has 6 nitrogen and oxygen atoms in total. The Morgan fingerprint density at radius 3 is 2.12 bits per heavy atom. The number of nitrogens with zero attached hydrogens (tertiary/aromatic N) is 1. The van der Waals surface area contributed by atoms with Crippen molar-refractivity contribution in [3.8, 4) is 5.75 Å². The third-order valence-electron chi connectivity index (χ3n) is 5.95. The van der Waals surface area contributed by atoms with Gasteiger partial charge >= 0.3 is 0 Å². The molecule has 0 fully saturated rings. The van der Waals surface area contributed by atoms with E-state index in [2.05, 4.69) is 25.2 Å². The fourth-order valence-corrected chi connectivity index (χ4v) is 5.10. The molecule has 180 valence electrons. The highest BCUT2D eigenvalue weighted by Crippen LogP contribution is 2.32. The normalized spacial score (nSPS) is 12.3. The summed E-state index contributed by atoms with van der Waals surface area (Å²) in [5, 5.41) is 3.05. The molecule has 0 spiro atoms. The second kappa shape index (κ2) is 10.3. The zero-order valence-electron chi connectivity index (χ0n) is 20.5. The molecule has 1 amide bonds. The number of carbonyl (C=O) groups excluding carboxylic acids is 1. The van der Waals surface area contributed by atoms with Gasteiger partial charge in [-0.05, 0) is 85.0 Å². The van der Waals surface area contributed by atoms with E-state index in [1.807, 2.05) is 19.9 Å². The van der Waals surface area contributed by atoms with Crippen molar-refractivity contribution in [3.05, 3.63) is 89.0 Å². The monoisotopic (exact) mass is 480 g/mol. The number of anilines is 1. The summed E-state index contributed by atoms with van der Waals surface area (Å²) in [7, 11) is -0.517. The van der Waals surface area contributed by atoms with Crippen molar-refractivity contribution in [1.29, 1.82) is 0 Å². The van der Waals surface area contributed by atoms with Crippen LogP contribution in [0.4, 0.5) is 5.69 Å². The number of rotatable bonds is 8. The summed E-state index contributed by atoms with van der Waals surface area (Å²) in [5.74, 6) is 0.905. The van der Waals surface area contributed by atoms with Crippen molar-refractivity contribution < 1.29 is 17.9 Å². The van der Waals surface area contributed by atoms with Crippen molar-refractivity contribution in [2.75, 3.05) is 18.5 Å². The number of amides is 1. The Hall–Kier alpha value is -3.32. The quantitative estimate of drug-likeness (QED) is 0.466. The van der Waals surface area contributed by atoms with E-state index >= 15 is 0 Å². The van der Waals surface area contributed by atoms with Crippen LogP contribution in [0.3, 0.4) is 0 Å². The number of benzene rings is 3. The lowest BCUT2D eigenvalue weighted by molar-refractivity contribution is 0.0940. The maximum Gasteiger partial charge on any atom is 0.264 e. The van der Waals surface area contributed by atoms with Gasteiger partial charge in [-0.25, -0.2) is 8.42 Å². The van der Waals surface area contributed by atoms with E-state index in [1.165, 1.54) is 11.4 Å². The van der Waals surface area contributed by atoms with E-state index in [1.54, 1.807) is 61.7 Å². The minimum absolute atomic E-state index is 0.211. The van der Waals surface area contributed by atoms with Crippen LogP contribution in [0.25, 0.3) is 0 Å². The standard InChI is InChI=1S/C27H32N2O4S/c1-18(2)24-17-25(19(3)16-26(24)33-6)20(4)28-27(30)21-12-14-22(15-13-21)29(5)34(31,32)23-10-8-7-9-11-23/h7-18,20H,1-6H3,(H,28,30)/t20-/m0/s1. The number of nitrogens with one attached hydrogen (secondary N) is 1. The number of methoxy groups -OCH3 is 1. The highest BCUT2D eigenvalue weighted by molar-refractivity contribution is 7.92. The van der Waals surface area contributed by atoms with Crippen LogP contribution < -0.4 is 14.4 Å². The van der Waals surface area contributed by atoms with Gasteiger partial charge in [0.1, 0.15) is 5.75 Å². The smallest absolute Gasteiger partial charge is 0.264 e. The number of carbonyl (C=O) groups is 1. The van der Waals surface area contributed by atoms with Crippen LogP contribution in [0.2, 0.25) is 0 Å². The Labute approximate surface area is 202 Å². The molecule has 3 rings (SSSR count). The molecule has 0 radical (unpaired) electrons. The molecule has 0 aliphatic heterocycles. The molecule has 3 aromatic carbocycles. The highest BCUT2D eigenvalue weighted by atomic mass is 32.2. The van der Waals surface area contributed by atoms with Crippen LogP contribution in [0.5, 0.6) is 5.75 Å².